The first-order valence-electron chi connectivity index (χ1n) is 5.27. The summed E-state index contributed by atoms with van der Waals surface area (Å²) in [6, 6.07) is 0.946. The molecule has 84 valence electrons. The third kappa shape index (κ3) is 4.90. The van der Waals surface area contributed by atoms with Crippen LogP contribution in [0.2, 0.25) is 6.04 Å². The predicted molar refractivity (Wildman–Crippen MR) is 60.9 cm³/mol. The molecule has 0 unspecified atom stereocenters. The van der Waals surface area contributed by atoms with Crippen molar-refractivity contribution in [2.24, 2.45) is 0 Å². The fourth-order valence-corrected chi connectivity index (χ4v) is 2.14. The van der Waals surface area contributed by atoms with Gasteiger partial charge in [0.05, 0.1) is 0 Å². The van der Waals surface area contributed by atoms with Gasteiger partial charge in [-0.05, 0) is 19.9 Å². The Bertz CT molecular complexity index is 144. The zero-order valence-corrected chi connectivity index (χ0v) is 11.0. The average molecular weight is 218 g/mol. The number of rotatable bonds is 9. The summed E-state index contributed by atoms with van der Waals surface area (Å²) in [6.45, 7) is 10.8. The molecule has 0 aromatic heterocycles. The second-order valence-corrected chi connectivity index (χ2v) is 4.10. The zero-order chi connectivity index (χ0) is 10.9. The first kappa shape index (κ1) is 13.8. The molecule has 0 amide bonds. The van der Waals surface area contributed by atoms with E-state index in [-0.39, 0.29) is 0 Å². The highest BCUT2D eigenvalue weighted by Gasteiger charge is 2.29. The second-order valence-electron chi connectivity index (χ2n) is 2.83. The van der Waals surface area contributed by atoms with Crippen LogP contribution in [0.1, 0.15) is 27.2 Å². The van der Waals surface area contributed by atoms with E-state index in [0.717, 1.165) is 12.5 Å². The molecule has 0 radical (unpaired) electrons. The van der Waals surface area contributed by atoms with E-state index in [0.29, 0.717) is 13.2 Å². The summed E-state index contributed by atoms with van der Waals surface area (Å²) in [7, 11) is -0.613. The summed E-state index contributed by atoms with van der Waals surface area (Å²) in [5.41, 5.74) is 0. The zero-order valence-electron chi connectivity index (χ0n) is 9.54. The van der Waals surface area contributed by atoms with Crippen molar-refractivity contribution in [2.45, 2.75) is 39.2 Å². The maximum absolute atomic E-state index is 5.72. The van der Waals surface area contributed by atoms with Gasteiger partial charge in [-0.2, -0.15) is 0 Å². The molecule has 0 spiro atoms. The van der Waals surface area contributed by atoms with Gasteiger partial charge in [-0.25, -0.2) is 0 Å². The van der Waals surface area contributed by atoms with E-state index >= 15 is 0 Å². The van der Waals surface area contributed by atoms with Crippen molar-refractivity contribution < 1.29 is 13.9 Å². The Kier molecular flexibility index (Phi) is 8.08. The van der Waals surface area contributed by atoms with Gasteiger partial charge < -0.3 is 13.9 Å². The maximum Gasteiger partial charge on any atom is 0.272 e. The van der Waals surface area contributed by atoms with Crippen molar-refractivity contribution in [3.63, 3.8) is 0 Å². The summed E-state index contributed by atoms with van der Waals surface area (Å²) in [4.78, 5) is 0. The third-order valence-corrected chi connectivity index (χ3v) is 3.09. The molecule has 0 saturated heterocycles. The van der Waals surface area contributed by atoms with Crippen molar-refractivity contribution in [1.82, 2.24) is 0 Å². The van der Waals surface area contributed by atoms with E-state index in [9.17, 15) is 0 Å². The van der Waals surface area contributed by atoms with Crippen molar-refractivity contribution in [3.8, 4) is 0 Å². The minimum Gasteiger partial charge on any atom is -0.376 e. The lowest BCUT2D eigenvalue weighted by molar-refractivity contribution is -0.343. The van der Waals surface area contributed by atoms with Crippen molar-refractivity contribution in [3.05, 3.63) is 12.7 Å². The van der Waals surface area contributed by atoms with Crippen molar-refractivity contribution in [1.29, 1.82) is 0 Å². The van der Waals surface area contributed by atoms with Gasteiger partial charge in [-0.15, -0.1) is 6.58 Å². The molecular weight excluding hydrogens is 196 g/mol. The first-order valence-corrected chi connectivity index (χ1v) is 6.85. The lowest BCUT2D eigenvalue weighted by atomic mass is 10.4. The van der Waals surface area contributed by atoms with Crippen LogP contribution in [-0.4, -0.2) is 29.0 Å². The fraction of sp³-hybridized carbons (Fsp3) is 0.800. The van der Waals surface area contributed by atoms with E-state index in [1.807, 2.05) is 26.8 Å². The summed E-state index contributed by atoms with van der Waals surface area (Å²) in [6.07, 6.45) is 2.60. The minimum absolute atomic E-state index is 0.607. The number of ether oxygens (including phenoxy) is 2. The Balaban J connectivity index is 4.09. The monoisotopic (exact) mass is 218 g/mol. The number of hydrogen-bond acceptors (Lipinski definition) is 3. The van der Waals surface area contributed by atoms with E-state index in [1.165, 1.54) is 0 Å². The van der Waals surface area contributed by atoms with Crippen LogP contribution in [0.15, 0.2) is 12.7 Å². The third-order valence-electron chi connectivity index (χ3n) is 1.81. The SMILES string of the molecule is C=CC[SiH2]OC(CC)(OCC)OCC. The van der Waals surface area contributed by atoms with Crippen LogP contribution in [0.3, 0.4) is 0 Å². The molecule has 0 fully saturated rings. The summed E-state index contributed by atoms with van der Waals surface area (Å²) in [5, 5.41) is 0. The van der Waals surface area contributed by atoms with Gasteiger partial charge in [-0.1, -0.05) is 13.0 Å². The second kappa shape index (κ2) is 8.17. The lowest BCUT2D eigenvalue weighted by Gasteiger charge is -2.32. The molecule has 0 aliphatic heterocycles. The standard InChI is InChI=1S/C10H22O3Si/c1-5-9-14-13-10(6-2,11-7-3)12-8-4/h5H,1,6-9,14H2,2-4H3. The smallest absolute Gasteiger partial charge is 0.272 e. The molecule has 0 aliphatic carbocycles. The molecule has 0 rings (SSSR count). The molecule has 3 nitrogen and oxygen atoms in total. The Morgan fingerprint density at radius 2 is 1.79 bits per heavy atom. The topological polar surface area (TPSA) is 27.7 Å². The highest BCUT2D eigenvalue weighted by Crippen LogP contribution is 2.19. The highest BCUT2D eigenvalue weighted by molar-refractivity contribution is 6.27. The summed E-state index contributed by atoms with van der Waals surface area (Å²) in [5.74, 6) is -0.793. The van der Waals surface area contributed by atoms with Crippen LogP contribution >= 0.6 is 0 Å². The first-order chi connectivity index (χ1) is 6.74. The molecule has 0 heterocycles. The van der Waals surface area contributed by atoms with Gasteiger partial charge in [0.15, 0.2) is 9.76 Å². The van der Waals surface area contributed by atoms with Gasteiger partial charge in [0.2, 0.25) is 0 Å². The van der Waals surface area contributed by atoms with E-state index < -0.39 is 15.7 Å². The average Bonchev–Trinajstić information content (AvgIpc) is 2.19. The number of hydrogen-bond donors (Lipinski definition) is 0. The largest absolute Gasteiger partial charge is 0.376 e. The van der Waals surface area contributed by atoms with Crippen molar-refractivity contribution >= 4 is 9.76 Å². The van der Waals surface area contributed by atoms with Gasteiger partial charge in [-0.3, -0.25) is 0 Å². The van der Waals surface area contributed by atoms with Crippen molar-refractivity contribution in [2.75, 3.05) is 13.2 Å². The van der Waals surface area contributed by atoms with Crippen LogP contribution in [0, 0.1) is 0 Å². The molecular formula is C10H22O3Si. The molecule has 0 aromatic rings. The van der Waals surface area contributed by atoms with Gasteiger partial charge >= 0.3 is 0 Å². The minimum atomic E-state index is -0.793. The fourth-order valence-electron chi connectivity index (χ4n) is 1.17. The predicted octanol–water partition coefficient (Wildman–Crippen LogP) is 1.83. The van der Waals surface area contributed by atoms with Crippen LogP contribution in [-0.2, 0) is 13.9 Å². The van der Waals surface area contributed by atoms with E-state index in [4.69, 9.17) is 13.9 Å². The normalized spacial score (nSPS) is 12.5. The van der Waals surface area contributed by atoms with Gasteiger partial charge in [0.25, 0.3) is 5.97 Å². The summed E-state index contributed by atoms with van der Waals surface area (Å²) >= 11 is 0. The molecule has 0 atom stereocenters. The maximum atomic E-state index is 5.72. The summed E-state index contributed by atoms with van der Waals surface area (Å²) < 4.78 is 16.8. The van der Waals surface area contributed by atoms with E-state index in [1.54, 1.807) is 0 Å². The molecule has 4 heteroatoms. The molecule has 0 bridgehead atoms. The Labute approximate surface area is 89.4 Å². The Morgan fingerprint density at radius 3 is 2.14 bits per heavy atom. The molecule has 0 aromatic carbocycles. The highest BCUT2D eigenvalue weighted by atomic mass is 28.2. The van der Waals surface area contributed by atoms with Crippen LogP contribution < -0.4 is 0 Å². The van der Waals surface area contributed by atoms with Crippen LogP contribution in [0.5, 0.6) is 0 Å². The Hall–Kier alpha value is -0.163. The van der Waals surface area contributed by atoms with Crippen LogP contribution in [0.25, 0.3) is 0 Å². The lowest BCUT2D eigenvalue weighted by Crippen LogP contribution is -2.39. The number of allylic oxidation sites excluding steroid dienone is 1. The van der Waals surface area contributed by atoms with Gasteiger partial charge in [0.1, 0.15) is 0 Å². The van der Waals surface area contributed by atoms with E-state index in [2.05, 4.69) is 6.58 Å². The molecule has 0 aliphatic rings. The quantitative estimate of drug-likeness (QED) is 0.256. The molecule has 14 heavy (non-hydrogen) atoms. The molecule has 0 N–H and O–H groups in total. The molecule has 0 saturated carbocycles. The van der Waals surface area contributed by atoms with Gasteiger partial charge in [0, 0.05) is 19.6 Å². The Morgan fingerprint density at radius 1 is 1.21 bits per heavy atom. The van der Waals surface area contributed by atoms with Crippen LogP contribution in [0.4, 0.5) is 0 Å².